The summed E-state index contributed by atoms with van der Waals surface area (Å²) in [5.41, 5.74) is -0.306. The van der Waals surface area contributed by atoms with Crippen LogP contribution in [0.3, 0.4) is 0 Å². The van der Waals surface area contributed by atoms with Crippen molar-refractivity contribution in [3.63, 3.8) is 0 Å². The van der Waals surface area contributed by atoms with Gasteiger partial charge in [-0.25, -0.2) is 0 Å². The molecule has 0 saturated heterocycles. The molecule has 0 aliphatic heterocycles. The van der Waals surface area contributed by atoms with Gasteiger partial charge in [-0.05, 0) is 6.92 Å². The molecule has 0 spiro atoms. The summed E-state index contributed by atoms with van der Waals surface area (Å²) in [6, 6.07) is 0. The molecule has 0 amide bonds. The average molecular weight is 192 g/mol. The second-order valence-electron chi connectivity index (χ2n) is 3.41. The number of esters is 1. The van der Waals surface area contributed by atoms with Crippen LogP contribution in [0.25, 0.3) is 0 Å². The summed E-state index contributed by atoms with van der Waals surface area (Å²) in [6.07, 6.45) is 0. The first-order valence-corrected chi connectivity index (χ1v) is 4.24. The minimum atomic E-state index is -0.306. The van der Waals surface area contributed by atoms with E-state index in [1.807, 2.05) is 0 Å². The van der Waals surface area contributed by atoms with Gasteiger partial charge in [-0.15, -0.1) is 0 Å². The SMILES string of the molecule is CC(C)(CO)CO.CCOC(C)=O. The van der Waals surface area contributed by atoms with Crippen LogP contribution < -0.4 is 0 Å². The Hall–Kier alpha value is -0.610. The van der Waals surface area contributed by atoms with Crippen molar-refractivity contribution in [2.75, 3.05) is 19.8 Å². The lowest BCUT2D eigenvalue weighted by Crippen LogP contribution is -2.20. The molecule has 0 aromatic carbocycles. The van der Waals surface area contributed by atoms with Crippen LogP contribution in [0.4, 0.5) is 0 Å². The Bertz CT molecular complexity index is 126. The largest absolute Gasteiger partial charge is 0.466 e. The van der Waals surface area contributed by atoms with Crippen molar-refractivity contribution in [1.29, 1.82) is 0 Å². The van der Waals surface area contributed by atoms with Crippen molar-refractivity contribution in [2.45, 2.75) is 27.7 Å². The maximum atomic E-state index is 9.82. The average Bonchev–Trinajstić information content (AvgIpc) is 2.05. The molecule has 0 aliphatic rings. The zero-order chi connectivity index (χ0) is 10.9. The predicted molar refractivity (Wildman–Crippen MR) is 50.3 cm³/mol. The molecule has 0 fully saturated rings. The molecule has 0 saturated carbocycles. The second-order valence-corrected chi connectivity index (χ2v) is 3.41. The fraction of sp³-hybridized carbons (Fsp3) is 0.889. The Morgan fingerprint density at radius 3 is 1.69 bits per heavy atom. The number of hydrogen-bond acceptors (Lipinski definition) is 4. The number of aliphatic hydroxyl groups is 2. The van der Waals surface area contributed by atoms with Gasteiger partial charge in [-0.3, -0.25) is 4.79 Å². The highest BCUT2D eigenvalue weighted by Gasteiger charge is 2.13. The van der Waals surface area contributed by atoms with Gasteiger partial charge in [0.25, 0.3) is 0 Å². The maximum absolute atomic E-state index is 9.82. The fourth-order valence-electron chi connectivity index (χ4n) is 0.253. The number of hydrogen-bond donors (Lipinski definition) is 2. The van der Waals surface area contributed by atoms with Gasteiger partial charge in [0.15, 0.2) is 0 Å². The zero-order valence-electron chi connectivity index (χ0n) is 8.83. The van der Waals surface area contributed by atoms with E-state index < -0.39 is 0 Å². The van der Waals surface area contributed by atoms with Gasteiger partial charge >= 0.3 is 5.97 Å². The van der Waals surface area contributed by atoms with E-state index in [-0.39, 0.29) is 24.6 Å². The molecule has 0 radical (unpaired) electrons. The summed E-state index contributed by atoms with van der Waals surface area (Å²) in [7, 11) is 0. The molecular formula is C9H20O4. The van der Waals surface area contributed by atoms with E-state index >= 15 is 0 Å². The summed E-state index contributed by atoms with van der Waals surface area (Å²) < 4.78 is 4.40. The molecule has 13 heavy (non-hydrogen) atoms. The van der Waals surface area contributed by atoms with Crippen LogP contribution in [-0.2, 0) is 9.53 Å². The van der Waals surface area contributed by atoms with Crippen molar-refractivity contribution in [2.24, 2.45) is 5.41 Å². The Labute approximate surface area is 79.5 Å². The monoisotopic (exact) mass is 192 g/mol. The first-order valence-electron chi connectivity index (χ1n) is 4.24. The van der Waals surface area contributed by atoms with Gasteiger partial charge in [-0.1, -0.05) is 13.8 Å². The Balaban J connectivity index is 0. The Morgan fingerprint density at radius 1 is 1.31 bits per heavy atom. The normalized spacial score (nSPS) is 10.0. The lowest BCUT2D eigenvalue weighted by molar-refractivity contribution is -0.140. The Kier molecular flexibility index (Phi) is 9.17. The highest BCUT2D eigenvalue weighted by atomic mass is 16.5. The quantitative estimate of drug-likeness (QED) is 0.641. The standard InChI is InChI=1S/C5H12O2.C4H8O2/c1-5(2,3-6)4-7;1-3-6-4(2)5/h6-7H,3-4H2,1-2H3;3H2,1-2H3. The topological polar surface area (TPSA) is 66.8 Å². The molecule has 0 atom stereocenters. The van der Waals surface area contributed by atoms with E-state index in [4.69, 9.17) is 10.2 Å². The van der Waals surface area contributed by atoms with Crippen molar-refractivity contribution in [1.82, 2.24) is 0 Å². The number of ether oxygens (including phenoxy) is 1. The van der Waals surface area contributed by atoms with E-state index in [9.17, 15) is 4.79 Å². The van der Waals surface area contributed by atoms with Gasteiger partial charge in [-0.2, -0.15) is 0 Å². The van der Waals surface area contributed by atoms with Gasteiger partial charge in [0.2, 0.25) is 0 Å². The molecule has 0 heterocycles. The molecule has 0 aliphatic carbocycles. The number of carbonyl (C=O) groups excluding carboxylic acids is 1. The maximum Gasteiger partial charge on any atom is 0.302 e. The van der Waals surface area contributed by atoms with Crippen LogP contribution >= 0.6 is 0 Å². The lowest BCUT2D eigenvalue weighted by Gasteiger charge is -2.16. The third kappa shape index (κ3) is 14.3. The van der Waals surface area contributed by atoms with Gasteiger partial charge in [0, 0.05) is 12.3 Å². The minimum absolute atomic E-state index is 0.0451. The van der Waals surface area contributed by atoms with Crippen LogP contribution in [0, 0.1) is 5.41 Å². The van der Waals surface area contributed by atoms with E-state index in [1.54, 1.807) is 20.8 Å². The number of carbonyl (C=O) groups is 1. The highest BCUT2D eigenvalue weighted by Crippen LogP contribution is 2.10. The summed E-state index contributed by atoms with van der Waals surface area (Å²) >= 11 is 0. The zero-order valence-corrected chi connectivity index (χ0v) is 8.83. The van der Waals surface area contributed by atoms with Crippen LogP contribution in [0.5, 0.6) is 0 Å². The number of aliphatic hydroxyl groups excluding tert-OH is 2. The van der Waals surface area contributed by atoms with Crippen molar-refractivity contribution in [3.05, 3.63) is 0 Å². The third-order valence-electron chi connectivity index (χ3n) is 1.20. The molecule has 0 aromatic heterocycles. The van der Waals surface area contributed by atoms with Crippen LogP contribution in [-0.4, -0.2) is 36.0 Å². The molecule has 0 bridgehead atoms. The summed E-state index contributed by atoms with van der Waals surface area (Å²) in [5.74, 6) is -0.211. The van der Waals surface area contributed by atoms with Gasteiger partial charge < -0.3 is 14.9 Å². The Morgan fingerprint density at radius 2 is 1.69 bits per heavy atom. The molecule has 2 N–H and O–H groups in total. The summed E-state index contributed by atoms with van der Waals surface area (Å²) in [5, 5.41) is 16.9. The molecule has 4 heteroatoms. The molecule has 0 aromatic rings. The predicted octanol–water partition coefficient (Wildman–Crippen LogP) is 0.567. The molecule has 0 unspecified atom stereocenters. The van der Waals surface area contributed by atoms with E-state index in [0.29, 0.717) is 6.61 Å². The van der Waals surface area contributed by atoms with Crippen LogP contribution in [0.2, 0.25) is 0 Å². The smallest absolute Gasteiger partial charge is 0.302 e. The summed E-state index contributed by atoms with van der Waals surface area (Å²) in [4.78, 5) is 9.82. The van der Waals surface area contributed by atoms with Gasteiger partial charge in [0.05, 0.1) is 19.8 Å². The van der Waals surface area contributed by atoms with E-state index in [2.05, 4.69) is 4.74 Å². The van der Waals surface area contributed by atoms with Crippen LogP contribution in [0.15, 0.2) is 0 Å². The first kappa shape index (κ1) is 14.9. The molecule has 4 nitrogen and oxygen atoms in total. The van der Waals surface area contributed by atoms with Crippen molar-refractivity contribution >= 4 is 5.97 Å². The van der Waals surface area contributed by atoms with Crippen molar-refractivity contribution in [3.8, 4) is 0 Å². The minimum Gasteiger partial charge on any atom is -0.466 e. The highest BCUT2D eigenvalue weighted by molar-refractivity contribution is 5.65. The first-order chi connectivity index (χ1) is 5.89. The van der Waals surface area contributed by atoms with E-state index in [0.717, 1.165) is 0 Å². The fourth-order valence-corrected chi connectivity index (χ4v) is 0.253. The van der Waals surface area contributed by atoms with E-state index in [1.165, 1.54) is 6.92 Å². The molecule has 80 valence electrons. The van der Waals surface area contributed by atoms with Crippen molar-refractivity contribution < 1.29 is 19.7 Å². The summed E-state index contributed by atoms with van der Waals surface area (Å²) in [6.45, 7) is 7.34. The molecule has 0 rings (SSSR count). The second kappa shape index (κ2) is 8.01. The lowest BCUT2D eigenvalue weighted by atomic mass is 9.97. The van der Waals surface area contributed by atoms with Crippen LogP contribution in [0.1, 0.15) is 27.7 Å². The number of rotatable bonds is 3. The third-order valence-corrected chi connectivity index (χ3v) is 1.20. The van der Waals surface area contributed by atoms with Gasteiger partial charge in [0.1, 0.15) is 0 Å². The molecular weight excluding hydrogens is 172 g/mol.